The number of furan rings is 2. The number of thiophene rings is 1. The average Bonchev–Trinajstić information content (AvgIpc) is 4.05. The highest BCUT2D eigenvalue weighted by atomic mass is 32.1. The Morgan fingerprint density at radius 3 is 1.68 bits per heavy atom. The second-order valence-electron chi connectivity index (χ2n) is 15.9. The Morgan fingerprint density at radius 1 is 0.302 bits per heavy atom. The molecule has 5 nitrogen and oxygen atoms in total. The molecule has 6 heteroatoms. The van der Waals surface area contributed by atoms with Crippen molar-refractivity contribution in [3.63, 3.8) is 0 Å². The maximum atomic E-state index is 6.72. The van der Waals surface area contributed by atoms with Gasteiger partial charge in [-0.1, -0.05) is 152 Å². The van der Waals surface area contributed by atoms with Crippen LogP contribution in [0.4, 0.5) is 0 Å². The lowest BCUT2D eigenvalue weighted by Crippen LogP contribution is -2.00. The van der Waals surface area contributed by atoms with E-state index in [0.717, 1.165) is 93.9 Å². The molecule has 0 radical (unpaired) electrons. The lowest BCUT2D eigenvalue weighted by Gasteiger charge is -2.11. The largest absolute Gasteiger partial charge is 0.456 e. The predicted octanol–water partition coefficient (Wildman–Crippen LogP) is 16.0. The summed E-state index contributed by atoms with van der Waals surface area (Å²) in [7, 11) is 0. The zero-order chi connectivity index (χ0) is 41.4. The summed E-state index contributed by atoms with van der Waals surface area (Å²) in [6.07, 6.45) is 0. The van der Waals surface area contributed by atoms with Gasteiger partial charge in [-0.15, -0.1) is 11.3 Å². The lowest BCUT2D eigenvalue weighted by atomic mass is 9.94. The summed E-state index contributed by atoms with van der Waals surface area (Å²) in [5, 5.41) is 6.89. The minimum Gasteiger partial charge on any atom is -0.456 e. The van der Waals surface area contributed by atoms with Gasteiger partial charge in [0, 0.05) is 64.0 Å². The SMILES string of the molecule is c1ccc(-c2cccc(-c3nc(-c4ccc(-c5ccc(-c6ccc7c(c6)sc6ccccc67)c6oc7ccccc7c56)cc4)nc(-c4ccc5c(c4)oc4ccccc45)n3)c2)cc1. The average molecular weight is 824 g/mol. The highest BCUT2D eigenvalue weighted by Gasteiger charge is 2.20. The van der Waals surface area contributed by atoms with Gasteiger partial charge in [0.25, 0.3) is 0 Å². The first-order valence-electron chi connectivity index (χ1n) is 21.0. The molecular weight excluding hydrogens is 791 g/mol. The summed E-state index contributed by atoms with van der Waals surface area (Å²) < 4.78 is 15.6. The molecule has 0 aliphatic heterocycles. The van der Waals surface area contributed by atoms with Gasteiger partial charge in [0.1, 0.15) is 22.3 Å². The van der Waals surface area contributed by atoms with Crippen LogP contribution in [0.1, 0.15) is 0 Å². The molecule has 0 bridgehead atoms. The van der Waals surface area contributed by atoms with Gasteiger partial charge in [-0.3, -0.25) is 0 Å². The van der Waals surface area contributed by atoms with E-state index in [-0.39, 0.29) is 0 Å². The smallest absolute Gasteiger partial charge is 0.164 e. The molecule has 9 aromatic carbocycles. The third kappa shape index (κ3) is 5.95. The summed E-state index contributed by atoms with van der Waals surface area (Å²) in [5.74, 6) is 1.75. The molecule has 13 rings (SSSR count). The highest BCUT2D eigenvalue weighted by molar-refractivity contribution is 7.25. The van der Waals surface area contributed by atoms with Crippen molar-refractivity contribution in [3.05, 3.63) is 200 Å². The van der Waals surface area contributed by atoms with Crippen molar-refractivity contribution in [3.8, 4) is 67.5 Å². The normalized spacial score (nSPS) is 11.8. The summed E-state index contributed by atoms with van der Waals surface area (Å²) in [6.45, 7) is 0. The molecule has 0 unspecified atom stereocenters. The van der Waals surface area contributed by atoms with Crippen LogP contribution >= 0.6 is 11.3 Å². The lowest BCUT2D eigenvalue weighted by molar-refractivity contribution is 0.669. The zero-order valence-corrected chi connectivity index (χ0v) is 34.4. The van der Waals surface area contributed by atoms with Gasteiger partial charge >= 0.3 is 0 Å². The molecule has 0 N–H and O–H groups in total. The number of hydrogen-bond acceptors (Lipinski definition) is 6. The summed E-state index contributed by atoms with van der Waals surface area (Å²) in [5.41, 5.74) is 12.6. The molecule has 0 fully saturated rings. The first-order chi connectivity index (χ1) is 31.2. The minimum absolute atomic E-state index is 0.572. The number of para-hydroxylation sites is 2. The molecule has 13 aromatic rings. The van der Waals surface area contributed by atoms with Gasteiger partial charge in [-0.2, -0.15) is 0 Å². The van der Waals surface area contributed by atoms with Crippen LogP contribution in [0.15, 0.2) is 209 Å². The first kappa shape index (κ1) is 35.6. The van der Waals surface area contributed by atoms with Crippen molar-refractivity contribution in [2.24, 2.45) is 0 Å². The molecule has 0 aliphatic carbocycles. The Kier molecular flexibility index (Phi) is 8.01. The topological polar surface area (TPSA) is 65.0 Å². The van der Waals surface area contributed by atoms with Crippen molar-refractivity contribution < 1.29 is 8.83 Å². The van der Waals surface area contributed by atoms with Crippen molar-refractivity contribution in [1.29, 1.82) is 0 Å². The molecule has 63 heavy (non-hydrogen) atoms. The second kappa shape index (κ2) is 14.2. The van der Waals surface area contributed by atoms with Crippen molar-refractivity contribution >= 4 is 75.4 Å². The number of aromatic nitrogens is 3. The van der Waals surface area contributed by atoms with Gasteiger partial charge in [0.2, 0.25) is 0 Å². The molecule has 0 atom stereocenters. The maximum Gasteiger partial charge on any atom is 0.164 e. The van der Waals surface area contributed by atoms with Crippen LogP contribution in [0.5, 0.6) is 0 Å². The quantitative estimate of drug-likeness (QED) is 0.167. The Morgan fingerprint density at radius 2 is 0.857 bits per heavy atom. The molecule has 0 spiro atoms. The van der Waals surface area contributed by atoms with Crippen LogP contribution in [-0.4, -0.2) is 15.0 Å². The van der Waals surface area contributed by atoms with E-state index >= 15 is 0 Å². The van der Waals surface area contributed by atoms with Crippen LogP contribution in [-0.2, 0) is 0 Å². The molecule has 294 valence electrons. The molecule has 4 heterocycles. The van der Waals surface area contributed by atoms with E-state index in [2.05, 4.69) is 164 Å². The number of benzene rings is 9. The predicted molar refractivity (Wildman–Crippen MR) is 260 cm³/mol. The fraction of sp³-hybridized carbons (Fsp3) is 0. The van der Waals surface area contributed by atoms with Crippen molar-refractivity contribution in [1.82, 2.24) is 15.0 Å². The number of hydrogen-bond donors (Lipinski definition) is 0. The Balaban J connectivity index is 0.931. The third-order valence-corrected chi connectivity index (χ3v) is 13.3. The number of rotatable bonds is 6. The standard InChI is InChI=1S/C57H33N3O2S/c1-2-11-34(12-3-1)37-13-10-14-39(31-37)56-58-55(59-57(60-56)40-26-27-44-43-15-4-7-18-48(43)61-50(44)32-40)36-23-21-35(22-24-36)41-29-30-42(54-53(41)47-17-5-8-19-49(47)62-54)38-25-28-46-45-16-6-9-20-51(45)63-52(46)33-38/h1-33H. The monoisotopic (exact) mass is 823 g/mol. The Bertz CT molecular complexity index is 3920. The molecular formula is C57H33N3O2S. The van der Waals surface area contributed by atoms with E-state index in [9.17, 15) is 0 Å². The van der Waals surface area contributed by atoms with E-state index < -0.39 is 0 Å². The van der Waals surface area contributed by atoms with Gasteiger partial charge in [0.15, 0.2) is 17.5 Å². The van der Waals surface area contributed by atoms with E-state index in [0.29, 0.717) is 17.5 Å². The maximum absolute atomic E-state index is 6.72. The van der Waals surface area contributed by atoms with Crippen molar-refractivity contribution in [2.75, 3.05) is 0 Å². The van der Waals surface area contributed by atoms with E-state index in [4.69, 9.17) is 23.8 Å². The van der Waals surface area contributed by atoms with Crippen LogP contribution in [0.2, 0.25) is 0 Å². The van der Waals surface area contributed by atoms with Gasteiger partial charge in [-0.05, 0) is 76.3 Å². The zero-order valence-electron chi connectivity index (χ0n) is 33.6. The second-order valence-corrected chi connectivity index (χ2v) is 17.0. The Hall–Kier alpha value is -8.19. The number of fused-ring (bicyclic) bond motifs is 9. The molecule has 4 aromatic heterocycles. The molecule has 0 amide bonds. The third-order valence-electron chi connectivity index (χ3n) is 12.2. The number of nitrogens with zero attached hydrogens (tertiary/aromatic N) is 3. The van der Waals surface area contributed by atoms with Crippen LogP contribution in [0.25, 0.3) is 132 Å². The van der Waals surface area contributed by atoms with Gasteiger partial charge < -0.3 is 8.83 Å². The van der Waals surface area contributed by atoms with Gasteiger partial charge in [0.05, 0.1) is 0 Å². The molecule has 0 saturated heterocycles. The van der Waals surface area contributed by atoms with Crippen LogP contribution < -0.4 is 0 Å². The highest BCUT2D eigenvalue weighted by Crippen LogP contribution is 2.44. The minimum atomic E-state index is 0.572. The fourth-order valence-electron chi connectivity index (χ4n) is 9.09. The Labute approximate surface area is 365 Å². The summed E-state index contributed by atoms with van der Waals surface area (Å²) in [6, 6.07) is 69.8. The fourth-order valence-corrected chi connectivity index (χ4v) is 10.2. The summed E-state index contributed by atoms with van der Waals surface area (Å²) >= 11 is 1.83. The van der Waals surface area contributed by atoms with Crippen LogP contribution in [0, 0.1) is 0 Å². The van der Waals surface area contributed by atoms with E-state index in [1.165, 1.54) is 20.2 Å². The summed E-state index contributed by atoms with van der Waals surface area (Å²) in [4.78, 5) is 15.4. The van der Waals surface area contributed by atoms with E-state index in [1.807, 2.05) is 47.7 Å². The van der Waals surface area contributed by atoms with E-state index in [1.54, 1.807) is 0 Å². The molecule has 0 saturated carbocycles. The van der Waals surface area contributed by atoms with Crippen LogP contribution in [0.3, 0.4) is 0 Å². The molecule has 0 aliphatic rings. The van der Waals surface area contributed by atoms with Crippen molar-refractivity contribution in [2.45, 2.75) is 0 Å². The first-order valence-corrected chi connectivity index (χ1v) is 21.8. The van der Waals surface area contributed by atoms with Gasteiger partial charge in [-0.25, -0.2) is 15.0 Å².